The van der Waals surface area contributed by atoms with Gasteiger partial charge in [0.15, 0.2) is 0 Å². The molecule has 4 rings (SSSR count). The molecule has 0 radical (unpaired) electrons. The summed E-state index contributed by atoms with van der Waals surface area (Å²) in [6.07, 6.45) is 11.0. The molecule has 1 aliphatic rings. The Hall–Kier alpha value is -2.76. The predicted molar refractivity (Wildman–Crippen MR) is 93.9 cm³/mol. The SMILES string of the molecule is Fc1ccc(N2CCC[C@@H](c3nccn3Cc3ccncc3)C2)nc1. The minimum absolute atomic E-state index is 0.301. The van der Waals surface area contributed by atoms with Gasteiger partial charge in [-0.15, -0.1) is 0 Å². The number of rotatable bonds is 4. The summed E-state index contributed by atoms with van der Waals surface area (Å²) in [7, 11) is 0. The summed E-state index contributed by atoms with van der Waals surface area (Å²) in [5.74, 6) is 1.98. The van der Waals surface area contributed by atoms with Crippen LogP contribution in [0.3, 0.4) is 0 Å². The lowest BCUT2D eigenvalue weighted by atomic mass is 9.97. The van der Waals surface area contributed by atoms with Crippen LogP contribution in [0.5, 0.6) is 0 Å². The maximum absolute atomic E-state index is 13.1. The van der Waals surface area contributed by atoms with Crippen LogP contribution in [0, 0.1) is 5.82 Å². The Morgan fingerprint density at radius 2 is 1.96 bits per heavy atom. The Balaban J connectivity index is 1.52. The normalized spacial score (nSPS) is 17.6. The largest absolute Gasteiger partial charge is 0.356 e. The fourth-order valence-corrected chi connectivity index (χ4v) is 3.45. The maximum atomic E-state index is 13.1. The molecule has 0 aliphatic carbocycles. The van der Waals surface area contributed by atoms with Gasteiger partial charge in [-0.25, -0.2) is 14.4 Å². The van der Waals surface area contributed by atoms with Crippen molar-refractivity contribution in [3.63, 3.8) is 0 Å². The average Bonchev–Trinajstić information content (AvgIpc) is 3.11. The highest BCUT2D eigenvalue weighted by Gasteiger charge is 2.25. The second kappa shape index (κ2) is 7.01. The summed E-state index contributed by atoms with van der Waals surface area (Å²) in [4.78, 5) is 15.1. The number of nitrogens with zero attached hydrogens (tertiary/aromatic N) is 5. The Kier molecular flexibility index (Phi) is 4.41. The summed E-state index contributed by atoms with van der Waals surface area (Å²) in [6.45, 7) is 2.59. The molecule has 3 aromatic heterocycles. The van der Waals surface area contributed by atoms with Gasteiger partial charge < -0.3 is 9.47 Å². The van der Waals surface area contributed by atoms with Crippen LogP contribution < -0.4 is 4.90 Å². The van der Waals surface area contributed by atoms with Crippen LogP contribution in [-0.2, 0) is 6.54 Å². The maximum Gasteiger partial charge on any atom is 0.141 e. The van der Waals surface area contributed by atoms with Crippen LogP contribution in [-0.4, -0.2) is 32.6 Å². The average molecular weight is 337 g/mol. The van der Waals surface area contributed by atoms with Gasteiger partial charge in [-0.2, -0.15) is 0 Å². The first kappa shape index (κ1) is 15.7. The fourth-order valence-electron chi connectivity index (χ4n) is 3.45. The molecule has 0 spiro atoms. The molecule has 6 heteroatoms. The minimum atomic E-state index is -0.301. The van der Waals surface area contributed by atoms with Crippen molar-refractivity contribution in [2.24, 2.45) is 0 Å². The highest BCUT2D eigenvalue weighted by molar-refractivity contribution is 5.39. The topological polar surface area (TPSA) is 46.8 Å². The van der Waals surface area contributed by atoms with E-state index in [2.05, 4.69) is 24.4 Å². The Labute approximate surface area is 146 Å². The van der Waals surface area contributed by atoms with Gasteiger partial charge in [0.2, 0.25) is 0 Å². The molecule has 0 saturated carbocycles. The molecule has 3 aromatic rings. The van der Waals surface area contributed by atoms with Crippen LogP contribution in [0.15, 0.2) is 55.2 Å². The van der Waals surface area contributed by atoms with E-state index in [1.165, 1.54) is 17.8 Å². The number of hydrogen-bond donors (Lipinski definition) is 0. The van der Waals surface area contributed by atoms with Gasteiger partial charge in [0.1, 0.15) is 17.5 Å². The molecule has 0 N–H and O–H groups in total. The van der Waals surface area contributed by atoms with Gasteiger partial charge in [0.05, 0.1) is 6.20 Å². The number of halogens is 1. The van der Waals surface area contributed by atoms with Gasteiger partial charge in [0.25, 0.3) is 0 Å². The first-order chi connectivity index (χ1) is 12.3. The summed E-state index contributed by atoms with van der Waals surface area (Å²) >= 11 is 0. The van der Waals surface area contributed by atoms with Gasteiger partial charge in [-0.1, -0.05) is 0 Å². The summed E-state index contributed by atoms with van der Waals surface area (Å²) in [5, 5.41) is 0. The van der Waals surface area contributed by atoms with Crippen molar-refractivity contribution in [3.8, 4) is 0 Å². The van der Waals surface area contributed by atoms with E-state index in [4.69, 9.17) is 0 Å². The van der Waals surface area contributed by atoms with E-state index < -0.39 is 0 Å². The Bertz CT molecular complexity index is 815. The van der Waals surface area contributed by atoms with E-state index in [0.717, 1.165) is 44.1 Å². The first-order valence-electron chi connectivity index (χ1n) is 8.56. The first-order valence-corrected chi connectivity index (χ1v) is 8.56. The highest BCUT2D eigenvalue weighted by Crippen LogP contribution is 2.28. The van der Waals surface area contributed by atoms with E-state index in [-0.39, 0.29) is 5.82 Å². The van der Waals surface area contributed by atoms with E-state index in [9.17, 15) is 4.39 Å². The lowest BCUT2D eigenvalue weighted by Gasteiger charge is -2.33. The zero-order chi connectivity index (χ0) is 17.1. The van der Waals surface area contributed by atoms with Crippen LogP contribution in [0.4, 0.5) is 10.2 Å². The summed E-state index contributed by atoms with van der Waals surface area (Å²) < 4.78 is 15.3. The zero-order valence-electron chi connectivity index (χ0n) is 13.9. The molecule has 1 aliphatic heterocycles. The predicted octanol–water partition coefficient (Wildman–Crippen LogP) is 3.24. The third-order valence-electron chi connectivity index (χ3n) is 4.67. The molecule has 0 bridgehead atoms. The van der Waals surface area contributed by atoms with Crippen molar-refractivity contribution < 1.29 is 4.39 Å². The smallest absolute Gasteiger partial charge is 0.141 e. The molecule has 0 aromatic carbocycles. The van der Waals surface area contributed by atoms with Crippen LogP contribution in [0.2, 0.25) is 0 Å². The molecule has 0 amide bonds. The number of aromatic nitrogens is 4. The number of imidazole rings is 1. The summed E-state index contributed by atoms with van der Waals surface area (Å²) in [5.41, 5.74) is 1.21. The Morgan fingerprint density at radius 3 is 2.76 bits per heavy atom. The molecule has 4 heterocycles. The number of anilines is 1. The van der Waals surface area contributed by atoms with Crippen molar-refractivity contribution in [2.45, 2.75) is 25.3 Å². The standard InChI is InChI=1S/C19H20FN5/c20-17-3-4-18(23-12-17)24-10-1-2-16(14-24)19-22-9-11-25(19)13-15-5-7-21-8-6-15/h3-9,11-12,16H,1-2,10,13-14H2/t16-/m1/s1. The van der Waals surface area contributed by atoms with E-state index in [1.54, 1.807) is 6.07 Å². The van der Waals surface area contributed by atoms with Crippen molar-refractivity contribution in [3.05, 3.63) is 72.5 Å². The Morgan fingerprint density at radius 1 is 1.08 bits per heavy atom. The van der Waals surface area contributed by atoms with Crippen LogP contribution in [0.1, 0.15) is 30.1 Å². The van der Waals surface area contributed by atoms with Crippen LogP contribution in [0.25, 0.3) is 0 Å². The van der Waals surface area contributed by atoms with Gasteiger partial charge in [0, 0.05) is 50.3 Å². The fraction of sp³-hybridized carbons (Fsp3) is 0.316. The monoisotopic (exact) mass is 337 g/mol. The molecule has 0 unspecified atom stereocenters. The lowest BCUT2D eigenvalue weighted by Crippen LogP contribution is -2.36. The second-order valence-corrected chi connectivity index (χ2v) is 6.39. The van der Waals surface area contributed by atoms with Gasteiger partial charge in [-0.3, -0.25) is 4.98 Å². The molecule has 1 fully saturated rings. The third kappa shape index (κ3) is 3.52. The van der Waals surface area contributed by atoms with Gasteiger partial charge >= 0.3 is 0 Å². The molecule has 5 nitrogen and oxygen atoms in total. The molecular weight excluding hydrogens is 317 g/mol. The van der Waals surface area contributed by atoms with Crippen molar-refractivity contribution >= 4 is 5.82 Å². The second-order valence-electron chi connectivity index (χ2n) is 6.39. The molecular formula is C19H20FN5. The van der Waals surface area contributed by atoms with Crippen molar-refractivity contribution in [2.75, 3.05) is 18.0 Å². The van der Waals surface area contributed by atoms with Crippen molar-refractivity contribution in [1.82, 2.24) is 19.5 Å². The molecule has 1 atom stereocenters. The van der Waals surface area contributed by atoms with Crippen LogP contribution >= 0.6 is 0 Å². The van der Waals surface area contributed by atoms with E-state index in [0.29, 0.717) is 5.92 Å². The van der Waals surface area contributed by atoms with E-state index in [1.807, 2.05) is 36.9 Å². The molecule has 1 saturated heterocycles. The van der Waals surface area contributed by atoms with E-state index >= 15 is 0 Å². The molecule has 128 valence electrons. The zero-order valence-corrected chi connectivity index (χ0v) is 13.9. The number of piperidine rings is 1. The molecule has 25 heavy (non-hydrogen) atoms. The third-order valence-corrected chi connectivity index (χ3v) is 4.67. The van der Waals surface area contributed by atoms with Crippen molar-refractivity contribution in [1.29, 1.82) is 0 Å². The number of pyridine rings is 2. The van der Waals surface area contributed by atoms with Gasteiger partial charge in [-0.05, 0) is 42.7 Å². The number of hydrogen-bond acceptors (Lipinski definition) is 4. The minimum Gasteiger partial charge on any atom is -0.356 e. The highest BCUT2D eigenvalue weighted by atomic mass is 19.1. The quantitative estimate of drug-likeness (QED) is 0.733. The lowest BCUT2D eigenvalue weighted by molar-refractivity contribution is 0.473. The summed E-state index contributed by atoms with van der Waals surface area (Å²) in [6, 6.07) is 7.27.